The maximum Gasteiger partial charge on any atom is 0.329 e. The lowest BCUT2D eigenvalue weighted by atomic mass is 9.90. The molecule has 2 atom stereocenters. The molecule has 18 heavy (non-hydrogen) atoms. The lowest BCUT2D eigenvalue weighted by molar-refractivity contribution is -0.161. The van der Waals surface area contributed by atoms with Gasteiger partial charge >= 0.3 is 5.97 Å². The monoisotopic (exact) mass is 258 g/mol. The van der Waals surface area contributed by atoms with Crippen molar-refractivity contribution in [2.75, 3.05) is 20.2 Å². The van der Waals surface area contributed by atoms with E-state index < -0.39 is 17.6 Å². The Morgan fingerprint density at radius 1 is 1.56 bits per heavy atom. The lowest BCUT2D eigenvalue weighted by Crippen LogP contribution is -2.56. The molecule has 1 aliphatic rings. The van der Waals surface area contributed by atoms with Gasteiger partial charge in [0.2, 0.25) is 0 Å². The molecule has 1 fully saturated rings. The molecule has 0 aromatic rings. The fourth-order valence-electron chi connectivity index (χ4n) is 2.67. The van der Waals surface area contributed by atoms with E-state index in [9.17, 15) is 14.7 Å². The highest BCUT2D eigenvalue weighted by molar-refractivity contribution is 5.90. The highest BCUT2D eigenvalue weighted by Crippen LogP contribution is 2.34. The van der Waals surface area contributed by atoms with Gasteiger partial charge in [-0.05, 0) is 19.3 Å². The first-order valence-electron chi connectivity index (χ1n) is 6.31. The number of carboxylic acid groups (broad SMARTS) is 1. The van der Waals surface area contributed by atoms with E-state index in [0.717, 1.165) is 6.42 Å². The average molecular weight is 258 g/mol. The van der Waals surface area contributed by atoms with E-state index in [4.69, 9.17) is 10.5 Å². The number of nitrogens with zero attached hydrogens (tertiary/aromatic N) is 1. The van der Waals surface area contributed by atoms with Gasteiger partial charge in [-0.1, -0.05) is 13.3 Å². The number of carbonyl (C=O) groups excluding carboxylic acids is 1. The summed E-state index contributed by atoms with van der Waals surface area (Å²) in [6.07, 6.45) is 1.65. The van der Waals surface area contributed by atoms with Crippen LogP contribution in [0.15, 0.2) is 0 Å². The van der Waals surface area contributed by atoms with Gasteiger partial charge in [-0.15, -0.1) is 0 Å². The van der Waals surface area contributed by atoms with E-state index in [1.165, 1.54) is 12.0 Å². The van der Waals surface area contributed by atoms with Crippen molar-refractivity contribution in [3.05, 3.63) is 0 Å². The molecule has 0 aliphatic carbocycles. The number of likely N-dealkylation sites (tertiary alicyclic amines) is 1. The Labute approximate surface area is 107 Å². The third-order valence-electron chi connectivity index (χ3n) is 3.59. The summed E-state index contributed by atoms with van der Waals surface area (Å²) in [7, 11) is 1.41. The molecular weight excluding hydrogens is 236 g/mol. The van der Waals surface area contributed by atoms with Crippen molar-refractivity contribution in [3.63, 3.8) is 0 Å². The molecule has 0 aromatic heterocycles. The highest BCUT2D eigenvalue weighted by Gasteiger charge is 2.50. The Balaban J connectivity index is 2.98. The summed E-state index contributed by atoms with van der Waals surface area (Å²) in [5.74, 6) is -1.24. The van der Waals surface area contributed by atoms with Gasteiger partial charge in [-0.25, -0.2) is 4.79 Å². The second kappa shape index (κ2) is 6.15. The number of methoxy groups -OCH3 is 1. The number of ether oxygens (including phenoxy) is 1. The van der Waals surface area contributed by atoms with E-state index in [2.05, 4.69) is 0 Å². The second-order valence-corrected chi connectivity index (χ2v) is 4.64. The number of nitrogens with two attached hydrogens (primary N) is 1. The van der Waals surface area contributed by atoms with Crippen molar-refractivity contribution in [1.82, 2.24) is 4.90 Å². The van der Waals surface area contributed by atoms with Crippen molar-refractivity contribution in [1.29, 1.82) is 0 Å². The van der Waals surface area contributed by atoms with Crippen LogP contribution in [0, 0.1) is 0 Å². The van der Waals surface area contributed by atoms with Crippen LogP contribution >= 0.6 is 0 Å². The van der Waals surface area contributed by atoms with Crippen LogP contribution in [-0.2, 0) is 14.3 Å². The Kier molecular flexibility index (Phi) is 5.10. The number of aliphatic carboxylic acids is 1. The molecule has 1 amide bonds. The maximum atomic E-state index is 12.3. The van der Waals surface area contributed by atoms with E-state index >= 15 is 0 Å². The van der Waals surface area contributed by atoms with Crippen molar-refractivity contribution in [2.45, 2.75) is 44.2 Å². The zero-order valence-corrected chi connectivity index (χ0v) is 11.0. The maximum absolute atomic E-state index is 12.3. The lowest BCUT2D eigenvalue weighted by Gasteiger charge is -2.36. The zero-order chi connectivity index (χ0) is 13.8. The first-order chi connectivity index (χ1) is 8.53. The first-order valence-corrected chi connectivity index (χ1v) is 6.31. The van der Waals surface area contributed by atoms with Gasteiger partial charge < -0.3 is 20.5 Å². The molecule has 3 N–H and O–H groups in total. The summed E-state index contributed by atoms with van der Waals surface area (Å²) < 4.78 is 5.02. The van der Waals surface area contributed by atoms with Crippen molar-refractivity contribution >= 4 is 11.9 Å². The average Bonchev–Trinajstić information content (AvgIpc) is 2.76. The summed E-state index contributed by atoms with van der Waals surface area (Å²) in [6.45, 7) is 2.45. The minimum Gasteiger partial charge on any atom is -0.479 e. The topological polar surface area (TPSA) is 92.9 Å². The van der Waals surface area contributed by atoms with Crippen LogP contribution < -0.4 is 5.73 Å². The minimum absolute atomic E-state index is 0.0632. The van der Waals surface area contributed by atoms with Crippen LogP contribution in [-0.4, -0.2) is 53.7 Å². The Morgan fingerprint density at radius 2 is 2.22 bits per heavy atom. The van der Waals surface area contributed by atoms with Crippen LogP contribution in [0.1, 0.15) is 32.6 Å². The molecule has 1 heterocycles. The van der Waals surface area contributed by atoms with Crippen LogP contribution in [0.5, 0.6) is 0 Å². The van der Waals surface area contributed by atoms with Crippen LogP contribution in [0.25, 0.3) is 0 Å². The van der Waals surface area contributed by atoms with Gasteiger partial charge in [0.1, 0.15) is 11.6 Å². The van der Waals surface area contributed by atoms with E-state index in [1.54, 1.807) is 0 Å². The Hall–Kier alpha value is -1.14. The first kappa shape index (κ1) is 14.9. The van der Waals surface area contributed by atoms with Gasteiger partial charge in [0.25, 0.3) is 5.91 Å². The molecule has 0 saturated carbocycles. The molecule has 1 aliphatic heterocycles. The third kappa shape index (κ3) is 2.49. The Bertz CT molecular complexity index is 317. The van der Waals surface area contributed by atoms with Gasteiger partial charge in [0.05, 0.1) is 0 Å². The van der Waals surface area contributed by atoms with Crippen molar-refractivity contribution in [3.8, 4) is 0 Å². The molecular formula is C12H22N2O4. The SMILES string of the molecule is CCCC1(C(=O)O)CCCN1C(=O)C(CN)OC. The summed E-state index contributed by atoms with van der Waals surface area (Å²) in [5.41, 5.74) is 4.40. The Morgan fingerprint density at radius 3 is 2.67 bits per heavy atom. The molecule has 0 bridgehead atoms. The predicted octanol–water partition coefficient (Wildman–Crippen LogP) is 0.206. The molecule has 6 heteroatoms. The largest absolute Gasteiger partial charge is 0.479 e. The zero-order valence-electron chi connectivity index (χ0n) is 11.0. The molecule has 0 spiro atoms. The molecule has 0 radical (unpaired) electrons. The van der Waals surface area contributed by atoms with Crippen LogP contribution in [0.3, 0.4) is 0 Å². The van der Waals surface area contributed by atoms with Crippen molar-refractivity contribution in [2.24, 2.45) is 5.73 Å². The summed E-state index contributed by atoms with van der Waals surface area (Å²) >= 11 is 0. The number of carboxylic acids is 1. The normalized spacial score (nSPS) is 25.2. The summed E-state index contributed by atoms with van der Waals surface area (Å²) in [5, 5.41) is 9.48. The van der Waals surface area contributed by atoms with Crippen LogP contribution in [0.2, 0.25) is 0 Å². The quantitative estimate of drug-likeness (QED) is 0.710. The van der Waals surface area contributed by atoms with Gasteiger partial charge in [0, 0.05) is 20.2 Å². The summed E-state index contributed by atoms with van der Waals surface area (Å²) in [4.78, 5) is 25.3. The molecule has 6 nitrogen and oxygen atoms in total. The number of amides is 1. The number of hydrogen-bond acceptors (Lipinski definition) is 4. The van der Waals surface area contributed by atoms with Gasteiger partial charge in [-0.3, -0.25) is 4.79 Å². The number of rotatable bonds is 6. The van der Waals surface area contributed by atoms with Crippen molar-refractivity contribution < 1.29 is 19.4 Å². The highest BCUT2D eigenvalue weighted by atomic mass is 16.5. The van der Waals surface area contributed by atoms with E-state index in [0.29, 0.717) is 25.8 Å². The third-order valence-corrected chi connectivity index (χ3v) is 3.59. The molecule has 104 valence electrons. The predicted molar refractivity (Wildman–Crippen MR) is 66.1 cm³/mol. The molecule has 0 aromatic carbocycles. The summed E-state index contributed by atoms with van der Waals surface area (Å²) in [6, 6.07) is 0. The standard InChI is InChI=1S/C12H22N2O4/c1-3-5-12(11(16)17)6-4-7-14(12)10(15)9(8-13)18-2/h9H,3-8,13H2,1-2H3,(H,16,17). The van der Waals surface area contributed by atoms with Gasteiger partial charge in [-0.2, -0.15) is 0 Å². The molecule has 2 unspecified atom stereocenters. The number of hydrogen-bond donors (Lipinski definition) is 2. The van der Waals surface area contributed by atoms with E-state index in [-0.39, 0.29) is 12.5 Å². The fourth-order valence-corrected chi connectivity index (χ4v) is 2.67. The fraction of sp³-hybridized carbons (Fsp3) is 0.833. The minimum atomic E-state index is -1.07. The van der Waals surface area contributed by atoms with Crippen LogP contribution in [0.4, 0.5) is 0 Å². The second-order valence-electron chi connectivity index (χ2n) is 4.64. The van der Waals surface area contributed by atoms with Gasteiger partial charge in [0.15, 0.2) is 0 Å². The smallest absolute Gasteiger partial charge is 0.329 e. The molecule has 1 saturated heterocycles. The molecule has 1 rings (SSSR count). The number of carbonyl (C=O) groups is 2. The van der Waals surface area contributed by atoms with E-state index in [1.807, 2.05) is 6.92 Å².